The molecular formula is C12H15N5O2S2. The molecule has 0 bridgehead atoms. The third-order valence-electron chi connectivity index (χ3n) is 2.74. The fourth-order valence-corrected chi connectivity index (χ4v) is 3.14. The van der Waals surface area contributed by atoms with E-state index in [0.29, 0.717) is 11.6 Å². The maximum Gasteiger partial charge on any atom is 0.318 e. The van der Waals surface area contributed by atoms with Crippen LogP contribution in [0.1, 0.15) is 17.6 Å². The Labute approximate surface area is 129 Å². The molecule has 9 heteroatoms. The van der Waals surface area contributed by atoms with E-state index in [1.165, 1.54) is 16.6 Å². The molecule has 2 aromatic heterocycles. The molecular weight excluding hydrogens is 310 g/mol. The van der Waals surface area contributed by atoms with Gasteiger partial charge in [0.25, 0.3) is 0 Å². The lowest BCUT2D eigenvalue weighted by molar-refractivity contribution is -0.119. The minimum atomic E-state index is -0.858. The number of thioether (sulfide) groups is 1. The van der Waals surface area contributed by atoms with Crippen molar-refractivity contribution in [3.05, 3.63) is 28.2 Å². The number of nitrogens with zero attached hydrogens (tertiary/aromatic N) is 3. The van der Waals surface area contributed by atoms with E-state index in [9.17, 15) is 9.59 Å². The van der Waals surface area contributed by atoms with Crippen LogP contribution in [0.4, 0.5) is 4.79 Å². The first-order valence-electron chi connectivity index (χ1n) is 6.15. The van der Waals surface area contributed by atoms with Gasteiger partial charge in [-0.15, -0.1) is 21.5 Å². The summed E-state index contributed by atoms with van der Waals surface area (Å²) in [5.41, 5.74) is 4.92. The van der Waals surface area contributed by atoms with Gasteiger partial charge in [-0.3, -0.25) is 10.1 Å². The molecule has 21 heavy (non-hydrogen) atoms. The smallest absolute Gasteiger partial charge is 0.318 e. The van der Waals surface area contributed by atoms with E-state index in [1.807, 2.05) is 34.4 Å². The zero-order chi connectivity index (χ0) is 15.4. The number of amides is 3. The molecule has 2 rings (SSSR count). The summed E-state index contributed by atoms with van der Waals surface area (Å²) in [5, 5.41) is 12.4. The van der Waals surface area contributed by atoms with Crippen molar-refractivity contribution in [2.45, 2.75) is 23.8 Å². The van der Waals surface area contributed by atoms with Crippen molar-refractivity contribution in [3.63, 3.8) is 0 Å². The van der Waals surface area contributed by atoms with Gasteiger partial charge in [0.15, 0.2) is 5.16 Å². The second-order valence-corrected chi connectivity index (χ2v) is 6.67. The molecule has 1 atom stereocenters. The number of rotatable bonds is 5. The summed E-state index contributed by atoms with van der Waals surface area (Å²) in [5.74, 6) is 0.373. The minimum Gasteiger partial charge on any atom is -0.351 e. The van der Waals surface area contributed by atoms with Crippen molar-refractivity contribution >= 4 is 35.0 Å². The molecule has 0 aliphatic heterocycles. The summed E-state index contributed by atoms with van der Waals surface area (Å²) in [4.78, 5) is 23.5. The van der Waals surface area contributed by atoms with Gasteiger partial charge in [-0.2, -0.15) is 0 Å². The summed E-state index contributed by atoms with van der Waals surface area (Å²) in [6, 6.07) is 3.17. The molecule has 2 heterocycles. The van der Waals surface area contributed by atoms with E-state index in [-0.39, 0.29) is 0 Å². The number of carbonyl (C=O) groups is 2. The number of urea groups is 1. The number of thiophene rings is 1. The molecule has 0 saturated carbocycles. The van der Waals surface area contributed by atoms with Gasteiger partial charge in [-0.05, 0) is 18.4 Å². The van der Waals surface area contributed by atoms with E-state index in [4.69, 9.17) is 5.73 Å². The largest absolute Gasteiger partial charge is 0.351 e. The maximum absolute atomic E-state index is 11.6. The zero-order valence-electron chi connectivity index (χ0n) is 11.6. The van der Waals surface area contributed by atoms with Gasteiger partial charge < -0.3 is 10.3 Å². The number of hydrogen-bond donors (Lipinski definition) is 2. The van der Waals surface area contributed by atoms with E-state index < -0.39 is 17.2 Å². The third-order valence-corrected chi connectivity index (χ3v) is 4.75. The lowest BCUT2D eigenvalue weighted by atomic mass is 10.3. The van der Waals surface area contributed by atoms with Crippen molar-refractivity contribution in [3.8, 4) is 0 Å². The number of aromatic nitrogens is 3. The first-order valence-corrected chi connectivity index (χ1v) is 7.91. The Hall–Kier alpha value is -1.87. The first-order chi connectivity index (χ1) is 9.97. The van der Waals surface area contributed by atoms with Gasteiger partial charge in [0.1, 0.15) is 5.82 Å². The normalized spacial score (nSPS) is 12.1. The lowest BCUT2D eigenvalue weighted by Gasteiger charge is -2.09. The number of nitrogens with one attached hydrogen (secondary N) is 1. The van der Waals surface area contributed by atoms with E-state index in [2.05, 4.69) is 10.2 Å². The minimum absolute atomic E-state index is 0.449. The molecule has 0 aliphatic carbocycles. The third kappa shape index (κ3) is 4.05. The Kier molecular flexibility index (Phi) is 4.97. The van der Waals surface area contributed by atoms with Crippen LogP contribution in [0.15, 0.2) is 22.7 Å². The Balaban J connectivity index is 2.03. The lowest BCUT2D eigenvalue weighted by Crippen LogP contribution is -2.39. The fraction of sp³-hybridized carbons (Fsp3) is 0.333. The summed E-state index contributed by atoms with van der Waals surface area (Å²) < 4.78 is 1.85. The molecule has 0 fully saturated rings. The summed E-state index contributed by atoms with van der Waals surface area (Å²) in [7, 11) is 1.85. The molecule has 0 spiro atoms. The Morgan fingerprint density at radius 3 is 2.90 bits per heavy atom. The maximum atomic E-state index is 11.6. The van der Waals surface area contributed by atoms with Crippen LogP contribution in [0.25, 0.3) is 0 Å². The monoisotopic (exact) mass is 325 g/mol. The molecule has 1 unspecified atom stereocenters. The average Bonchev–Trinajstić information content (AvgIpc) is 3.03. The number of primary amides is 1. The van der Waals surface area contributed by atoms with Gasteiger partial charge in [0.2, 0.25) is 5.91 Å². The van der Waals surface area contributed by atoms with Gasteiger partial charge in [-0.1, -0.05) is 17.8 Å². The topological polar surface area (TPSA) is 103 Å². The van der Waals surface area contributed by atoms with Crippen LogP contribution in [-0.4, -0.2) is 32.0 Å². The summed E-state index contributed by atoms with van der Waals surface area (Å²) >= 11 is 2.88. The number of hydrogen-bond acceptors (Lipinski definition) is 6. The number of carbonyl (C=O) groups excluding carboxylic acids is 2. The quantitative estimate of drug-likeness (QED) is 0.803. The Bertz CT molecular complexity index is 638. The second-order valence-electron chi connectivity index (χ2n) is 4.33. The highest BCUT2D eigenvalue weighted by Crippen LogP contribution is 2.23. The van der Waals surface area contributed by atoms with Crippen LogP contribution in [-0.2, 0) is 18.3 Å². The highest BCUT2D eigenvalue weighted by molar-refractivity contribution is 8.00. The first kappa shape index (κ1) is 15.5. The zero-order valence-corrected chi connectivity index (χ0v) is 13.2. The van der Waals surface area contributed by atoms with Crippen molar-refractivity contribution < 1.29 is 9.59 Å². The molecule has 0 saturated heterocycles. The van der Waals surface area contributed by atoms with Crippen molar-refractivity contribution in [2.24, 2.45) is 12.8 Å². The van der Waals surface area contributed by atoms with Gasteiger partial charge in [-0.25, -0.2) is 4.79 Å². The SMILES string of the molecule is CC(Sc1nnc(Cc2cccs2)n1C)C(=O)NC(N)=O. The summed E-state index contributed by atoms with van der Waals surface area (Å²) in [6.07, 6.45) is 0.698. The Morgan fingerprint density at radius 2 is 2.29 bits per heavy atom. The van der Waals surface area contributed by atoms with Gasteiger partial charge >= 0.3 is 6.03 Å². The van der Waals surface area contributed by atoms with Gasteiger partial charge in [0.05, 0.1) is 5.25 Å². The van der Waals surface area contributed by atoms with Crippen molar-refractivity contribution in [2.75, 3.05) is 0 Å². The summed E-state index contributed by atoms with van der Waals surface area (Å²) in [6.45, 7) is 1.68. The van der Waals surface area contributed by atoms with E-state index in [1.54, 1.807) is 18.3 Å². The van der Waals surface area contributed by atoms with E-state index in [0.717, 1.165) is 5.82 Å². The molecule has 112 valence electrons. The number of imide groups is 1. The van der Waals surface area contributed by atoms with Gasteiger partial charge in [0, 0.05) is 18.3 Å². The van der Waals surface area contributed by atoms with Crippen LogP contribution >= 0.6 is 23.1 Å². The molecule has 3 amide bonds. The standard InChI is InChI=1S/C12H15N5O2S2/c1-7(10(18)14-11(13)19)21-12-16-15-9(17(12)2)6-8-4-3-5-20-8/h3-5,7H,6H2,1-2H3,(H3,13,14,18,19). The highest BCUT2D eigenvalue weighted by Gasteiger charge is 2.19. The molecule has 2 aromatic rings. The molecule has 3 N–H and O–H groups in total. The van der Waals surface area contributed by atoms with Crippen LogP contribution in [0.3, 0.4) is 0 Å². The highest BCUT2D eigenvalue weighted by atomic mass is 32.2. The predicted molar refractivity (Wildman–Crippen MR) is 81.2 cm³/mol. The predicted octanol–water partition coefficient (Wildman–Crippen LogP) is 1.14. The van der Waals surface area contributed by atoms with Crippen molar-refractivity contribution in [1.29, 1.82) is 0 Å². The molecule has 7 nitrogen and oxygen atoms in total. The van der Waals surface area contributed by atoms with Crippen LogP contribution in [0, 0.1) is 0 Å². The van der Waals surface area contributed by atoms with E-state index >= 15 is 0 Å². The van der Waals surface area contributed by atoms with Crippen LogP contribution in [0.5, 0.6) is 0 Å². The fourth-order valence-electron chi connectivity index (χ4n) is 1.61. The van der Waals surface area contributed by atoms with Crippen molar-refractivity contribution in [1.82, 2.24) is 20.1 Å². The molecule has 0 aromatic carbocycles. The number of nitrogens with two attached hydrogens (primary N) is 1. The molecule has 0 radical (unpaired) electrons. The van der Waals surface area contributed by atoms with Crippen LogP contribution < -0.4 is 11.1 Å². The van der Waals surface area contributed by atoms with Crippen LogP contribution in [0.2, 0.25) is 0 Å². The second kappa shape index (κ2) is 6.72. The average molecular weight is 325 g/mol. The Morgan fingerprint density at radius 1 is 1.52 bits per heavy atom. The molecule has 0 aliphatic rings.